The van der Waals surface area contributed by atoms with Crippen LogP contribution in [0.15, 0.2) is 0 Å². The molecule has 1 saturated carbocycles. The maximum atomic E-state index is 13.0. The third-order valence-corrected chi connectivity index (χ3v) is 6.36. The molecular weight excluding hydrogens is 302 g/mol. The summed E-state index contributed by atoms with van der Waals surface area (Å²) in [6, 6.07) is 2.21. The smallest absolute Gasteiger partial charge is 0.240 e. The molecule has 1 heterocycles. The summed E-state index contributed by atoms with van der Waals surface area (Å²) < 4.78 is 0. The number of nitriles is 1. The van der Waals surface area contributed by atoms with Crippen molar-refractivity contribution in [3.63, 3.8) is 0 Å². The fraction of sp³-hybridized carbons (Fsp3) is 0.895. The van der Waals surface area contributed by atoms with Crippen LogP contribution in [0.2, 0.25) is 0 Å². The first kappa shape index (κ1) is 19.2. The van der Waals surface area contributed by atoms with Gasteiger partial charge in [0.25, 0.3) is 0 Å². The zero-order valence-electron chi connectivity index (χ0n) is 15.7. The predicted molar refractivity (Wildman–Crippen MR) is 94.2 cm³/mol. The maximum absolute atomic E-state index is 13.0. The molecule has 0 aromatic heterocycles. The van der Waals surface area contributed by atoms with Gasteiger partial charge in [0.05, 0.1) is 18.2 Å². The van der Waals surface area contributed by atoms with Crippen LogP contribution in [0.4, 0.5) is 0 Å². The molecule has 0 spiro atoms. The van der Waals surface area contributed by atoms with Gasteiger partial charge in [-0.3, -0.25) is 9.69 Å². The van der Waals surface area contributed by atoms with Gasteiger partial charge in [-0.05, 0) is 70.8 Å². The lowest BCUT2D eigenvalue weighted by molar-refractivity contribution is -0.141. The highest BCUT2D eigenvalue weighted by Gasteiger charge is 2.42. The van der Waals surface area contributed by atoms with Crippen molar-refractivity contribution in [2.45, 2.75) is 77.0 Å². The van der Waals surface area contributed by atoms with Gasteiger partial charge in [0, 0.05) is 13.6 Å². The molecule has 1 aliphatic carbocycles. The van der Waals surface area contributed by atoms with Crippen molar-refractivity contribution < 1.29 is 9.90 Å². The maximum Gasteiger partial charge on any atom is 0.240 e. The number of hydrogen-bond acceptors (Lipinski definition) is 4. The standard InChI is InChI=1S/C19H33N3O2/c1-14-7-9-19(13-20,10-8-14)21(4)18(24)15(2)22-11-5-6-17(12-22)16(3)23/h14-17,23H,5-12H2,1-4H3. The van der Waals surface area contributed by atoms with Gasteiger partial charge in [0.15, 0.2) is 0 Å². The Morgan fingerprint density at radius 3 is 2.50 bits per heavy atom. The SMILES string of the molecule is CC1CCC(C#N)(N(C)C(=O)C(C)N2CCCC(C(C)O)C2)CC1. The molecule has 3 unspecified atom stereocenters. The Balaban J connectivity index is 2.05. The van der Waals surface area contributed by atoms with Gasteiger partial charge < -0.3 is 10.0 Å². The van der Waals surface area contributed by atoms with E-state index in [-0.39, 0.29) is 24.0 Å². The summed E-state index contributed by atoms with van der Waals surface area (Å²) in [5.74, 6) is 0.915. The van der Waals surface area contributed by atoms with Gasteiger partial charge >= 0.3 is 0 Å². The minimum atomic E-state index is -0.642. The van der Waals surface area contributed by atoms with Gasteiger partial charge in [-0.2, -0.15) is 5.26 Å². The Labute approximate surface area is 146 Å². The molecule has 2 rings (SSSR count). The minimum absolute atomic E-state index is 0.0392. The number of hydrogen-bond donors (Lipinski definition) is 1. The molecule has 24 heavy (non-hydrogen) atoms. The van der Waals surface area contributed by atoms with Crippen LogP contribution in [0.1, 0.15) is 59.3 Å². The highest BCUT2D eigenvalue weighted by molar-refractivity contribution is 5.82. The number of carbonyl (C=O) groups excluding carboxylic acids is 1. The zero-order chi connectivity index (χ0) is 17.9. The number of piperidine rings is 1. The first-order valence-corrected chi connectivity index (χ1v) is 9.42. The second-order valence-electron chi connectivity index (χ2n) is 8.04. The van der Waals surface area contributed by atoms with Gasteiger partial charge in [0.1, 0.15) is 5.54 Å². The van der Waals surface area contributed by atoms with Crippen LogP contribution in [0.5, 0.6) is 0 Å². The van der Waals surface area contributed by atoms with Crippen LogP contribution < -0.4 is 0 Å². The van der Waals surface area contributed by atoms with Crippen LogP contribution in [-0.2, 0) is 4.79 Å². The third-order valence-electron chi connectivity index (χ3n) is 6.36. The number of nitrogens with zero attached hydrogens (tertiary/aromatic N) is 3. The molecule has 0 bridgehead atoms. The summed E-state index contributed by atoms with van der Waals surface area (Å²) in [4.78, 5) is 16.9. The monoisotopic (exact) mass is 335 g/mol. The summed E-state index contributed by atoms with van der Waals surface area (Å²) in [5.41, 5.74) is -0.642. The molecule has 2 aliphatic rings. The fourth-order valence-corrected chi connectivity index (χ4v) is 4.20. The van der Waals surface area contributed by atoms with E-state index < -0.39 is 5.54 Å². The van der Waals surface area contributed by atoms with Crippen molar-refractivity contribution >= 4 is 5.91 Å². The van der Waals surface area contributed by atoms with Gasteiger partial charge in [0.2, 0.25) is 5.91 Å². The Bertz CT molecular complexity index is 477. The van der Waals surface area contributed by atoms with Crippen LogP contribution in [0, 0.1) is 23.2 Å². The highest BCUT2D eigenvalue weighted by Crippen LogP contribution is 2.36. The predicted octanol–water partition coefficient (Wildman–Crippen LogP) is 2.40. The van der Waals surface area contributed by atoms with E-state index in [1.165, 1.54) is 0 Å². The normalized spacial score (nSPS) is 34.2. The third kappa shape index (κ3) is 3.92. The molecule has 3 atom stereocenters. The van der Waals surface area contributed by atoms with E-state index >= 15 is 0 Å². The molecule has 136 valence electrons. The molecule has 0 aromatic rings. The first-order valence-electron chi connectivity index (χ1n) is 9.42. The molecule has 5 heteroatoms. The van der Waals surface area contributed by atoms with E-state index in [1.807, 2.05) is 13.8 Å². The van der Waals surface area contributed by atoms with Gasteiger partial charge in [-0.1, -0.05) is 6.92 Å². The van der Waals surface area contributed by atoms with Crippen molar-refractivity contribution in [2.24, 2.45) is 11.8 Å². The largest absolute Gasteiger partial charge is 0.393 e. The average Bonchev–Trinajstić information content (AvgIpc) is 2.61. The van der Waals surface area contributed by atoms with E-state index in [1.54, 1.807) is 11.9 Å². The Hall–Kier alpha value is -1.12. The summed E-state index contributed by atoms with van der Waals surface area (Å²) in [5, 5.41) is 19.6. The second-order valence-corrected chi connectivity index (χ2v) is 8.04. The van der Waals surface area contributed by atoms with Crippen molar-refractivity contribution in [1.82, 2.24) is 9.80 Å². The number of rotatable bonds is 4. The van der Waals surface area contributed by atoms with Crippen molar-refractivity contribution in [3.8, 4) is 6.07 Å². The molecule has 0 radical (unpaired) electrons. The lowest BCUT2D eigenvalue weighted by atomic mass is 9.77. The summed E-state index contributed by atoms with van der Waals surface area (Å²) >= 11 is 0. The van der Waals surface area contributed by atoms with Crippen molar-refractivity contribution in [2.75, 3.05) is 20.1 Å². The number of aliphatic hydroxyl groups is 1. The van der Waals surface area contributed by atoms with E-state index in [9.17, 15) is 15.2 Å². The zero-order valence-corrected chi connectivity index (χ0v) is 15.7. The molecule has 5 nitrogen and oxygen atoms in total. The molecule has 1 N–H and O–H groups in total. The average molecular weight is 335 g/mol. The Morgan fingerprint density at radius 2 is 1.96 bits per heavy atom. The van der Waals surface area contributed by atoms with Crippen LogP contribution in [-0.4, -0.2) is 58.6 Å². The summed E-state index contributed by atoms with van der Waals surface area (Å²) in [6.07, 6.45) is 5.26. The van der Waals surface area contributed by atoms with Gasteiger partial charge in [-0.25, -0.2) is 0 Å². The summed E-state index contributed by atoms with van der Waals surface area (Å²) in [6.45, 7) is 7.64. The van der Waals surface area contributed by atoms with E-state index in [2.05, 4.69) is 17.9 Å². The fourth-order valence-electron chi connectivity index (χ4n) is 4.20. The van der Waals surface area contributed by atoms with Crippen LogP contribution in [0.3, 0.4) is 0 Å². The molecular formula is C19H33N3O2. The number of likely N-dealkylation sites (N-methyl/N-ethyl adjacent to an activating group) is 1. The quantitative estimate of drug-likeness (QED) is 0.856. The van der Waals surface area contributed by atoms with Crippen LogP contribution >= 0.6 is 0 Å². The van der Waals surface area contributed by atoms with E-state index in [0.717, 1.165) is 51.6 Å². The molecule has 0 aromatic carbocycles. The Kier molecular flexibility index (Phi) is 6.28. The van der Waals surface area contributed by atoms with Crippen molar-refractivity contribution in [3.05, 3.63) is 0 Å². The molecule has 2 fully saturated rings. The summed E-state index contributed by atoms with van der Waals surface area (Å²) in [7, 11) is 1.80. The minimum Gasteiger partial charge on any atom is -0.393 e. The first-order chi connectivity index (χ1) is 11.3. The van der Waals surface area contributed by atoms with Crippen molar-refractivity contribution in [1.29, 1.82) is 5.26 Å². The van der Waals surface area contributed by atoms with E-state index in [4.69, 9.17) is 0 Å². The topological polar surface area (TPSA) is 67.6 Å². The molecule has 1 aliphatic heterocycles. The second kappa shape index (κ2) is 7.84. The van der Waals surface area contributed by atoms with Gasteiger partial charge in [-0.15, -0.1) is 0 Å². The van der Waals surface area contributed by atoms with E-state index in [0.29, 0.717) is 5.92 Å². The molecule has 1 amide bonds. The van der Waals surface area contributed by atoms with Crippen LogP contribution in [0.25, 0.3) is 0 Å². The number of aliphatic hydroxyl groups excluding tert-OH is 1. The number of likely N-dealkylation sites (tertiary alicyclic amines) is 1. The Morgan fingerprint density at radius 1 is 1.33 bits per heavy atom. The lowest BCUT2D eigenvalue weighted by Gasteiger charge is -2.44. The highest BCUT2D eigenvalue weighted by atomic mass is 16.3. The number of carbonyl (C=O) groups is 1. The lowest BCUT2D eigenvalue weighted by Crippen LogP contribution is -2.57. The number of amides is 1. The molecule has 1 saturated heterocycles.